The maximum absolute atomic E-state index is 12.6. The molecule has 1 saturated heterocycles. The molecule has 3 N–H and O–H groups in total. The maximum Gasteiger partial charge on any atom is 0.408 e. The number of ether oxygens (including phenoxy) is 1. The van der Waals surface area contributed by atoms with Crippen LogP contribution in [0.15, 0.2) is 43.0 Å². The Hall–Kier alpha value is -2.87. The average molecular weight is 375 g/mol. The Balaban J connectivity index is 1.96. The van der Waals surface area contributed by atoms with Crippen LogP contribution in [-0.4, -0.2) is 46.7 Å². The van der Waals surface area contributed by atoms with Crippen molar-refractivity contribution >= 4 is 18.0 Å². The summed E-state index contributed by atoms with van der Waals surface area (Å²) >= 11 is 0. The predicted molar refractivity (Wildman–Crippen MR) is 98.5 cm³/mol. The Labute approximate surface area is 158 Å². The van der Waals surface area contributed by atoms with Crippen LogP contribution in [0, 0.1) is 0 Å². The first-order valence-corrected chi connectivity index (χ1v) is 8.87. The fourth-order valence-corrected chi connectivity index (χ4v) is 2.86. The molecule has 1 unspecified atom stereocenters. The van der Waals surface area contributed by atoms with Crippen LogP contribution in [0.25, 0.3) is 0 Å². The molecule has 0 aromatic heterocycles. The minimum absolute atomic E-state index is 0.0709. The smallest absolute Gasteiger partial charge is 0.408 e. The molecule has 1 aromatic carbocycles. The van der Waals surface area contributed by atoms with E-state index in [9.17, 15) is 14.4 Å². The Morgan fingerprint density at radius 1 is 1.33 bits per heavy atom. The van der Waals surface area contributed by atoms with Gasteiger partial charge in [-0.1, -0.05) is 36.4 Å². The van der Waals surface area contributed by atoms with Gasteiger partial charge in [0.15, 0.2) is 0 Å². The van der Waals surface area contributed by atoms with Gasteiger partial charge in [-0.15, -0.1) is 6.58 Å². The predicted octanol–water partition coefficient (Wildman–Crippen LogP) is 1.83. The lowest BCUT2D eigenvalue weighted by molar-refractivity contribution is -0.147. The number of alkyl carbamates (subject to hydrolysis) is 1. The molecule has 0 bridgehead atoms. The lowest BCUT2D eigenvalue weighted by Gasteiger charge is -2.25. The lowest BCUT2D eigenvalue weighted by Crippen LogP contribution is -2.54. The second kappa shape index (κ2) is 10.3. The van der Waals surface area contributed by atoms with Gasteiger partial charge in [-0.3, -0.25) is 14.6 Å². The monoisotopic (exact) mass is 375 g/mol. The third kappa shape index (κ3) is 6.74. The molecule has 146 valence electrons. The standard InChI is InChI=1S/C19H25N3O5/c1-2-3-9-15-10-11-16(18(25)22(21-15)12-17(23)24)20-19(26)27-13-14-7-5-4-6-8-14/h2,4-8,15-16,21H,1,3,9-13H2,(H,20,26)(H,23,24)/t15-,16?/m0/s1. The second-order valence-electron chi connectivity index (χ2n) is 6.35. The quantitative estimate of drug-likeness (QED) is 0.598. The topological polar surface area (TPSA) is 108 Å². The molecule has 0 radical (unpaired) electrons. The van der Waals surface area contributed by atoms with E-state index in [-0.39, 0.29) is 12.6 Å². The first-order chi connectivity index (χ1) is 13.0. The summed E-state index contributed by atoms with van der Waals surface area (Å²) in [5.74, 6) is -1.62. The van der Waals surface area contributed by atoms with Gasteiger partial charge in [0.1, 0.15) is 19.2 Å². The number of benzene rings is 1. The Morgan fingerprint density at radius 3 is 2.74 bits per heavy atom. The van der Waals surface area contributed by atoms with Crippen LogP contribution in [0.2, 0.25) is 0 Å². The zero-order chi connectivity index (χ0) is 19.6. The van der Waals surface area contributed by atoms with E-state index in [1.54, 1.807) is 6.08 Å². The van der Waals surface area contributed by atoms with Gasteiger partial charge in [0.05, 0.1) is 0 Å². The van der Waals surface area contributed by atoms with Gasteiger partial charge in [-0.25, -0.2) is 10.2 Å². The highest BCUT2D eigenvalue weighted by Crippen LogP contribution is 2.15. The number of carbonyl (C=O) groups excluding carboxylic acids is 2. The summed E-state index contributed by atoms with van der Waals surface area (Å²) < 4.78 is 5.16. The van der Waals surface area contributed by atoms with E-state index in [1.807, 2.05) is 30.3 Å². The van der Waals surface area contributed by atoms with E-state index in [0.717, 1.165) is 23.4 Å². The van der Waals surface area contributed by atoms with Crippen molar-refractivity contribution in [1.82, 2.24) is 15.8 Å². The van der Waals surface area contributed by atoms with Crippen molar-refractivity contribution in [3.8, 4) is 0 Å². The summed E-state index contributed by atoms with van der Waals surface area (Å²) in [5.41, 5.74) is 3.79. The highest BCUT2D eigenvalue weighted by atomic mass is 16.5. The molecule has 0 saturated carbocycles. The molecular formula is C19H25N3O5. The number of hydrogen-bond donors (Lipinski definition) is 3. The maximum atomic E-state index is 12.6. The summed E-state index contributed by atoms with van der Waals surface area (Å²) in [4.78, 5) is 35.8. The summed E-state index contributed by atoms with van der Waals surface area (Å²) in [5, 5.41) is 12.7. The number of carbonyl (C=O) groups is 3. The molecule has 8 heteroatoms. The second-order valence-corrected chi connectivity index (χ2v) is 6.35. The number of aliphatic carboxylic acids is 1. The van der Waals surface area contributed by atoms with Gasteiger partial charge >= 0.3 is 12.1 Å². The first kappa shape index (κ1) is 20.4. The zero-order valence-corrected chi connectivity index (χ0v) is 15.1. The number of hydrogen-bond acceptors (Lipinski definition) is 5. The van der Waals surface area contributed by atoms with Crippen LogP contribution in [-0.2, 0) is 20.9 Å². The van der Waals surface area contributed by atoms with E-state index >= 15 is 0 Å². The van der Waals surface area contributed by atoms with E-state index in [0.29, 0.717) is 12.8 Å². The van der Waals surface area contributed by atoms with Crippen molar-refractivity contribution in [2.75, 3.05) is 6.54 Å². The van der Waals surface area contributed by atoms with Crippen molar-refractivity contribution in [3.63, 3.8) is 0 Å². The van der Waals surface area contributed by atoms with Crippen molar-refractivity contribution in [2.24, 2.45) is 0 Å². The molecule has 1 aliphatic rings. The van der Waals surface area contributed by atoms with E-state index < -0.39 is 30.6 Å². The molecule has 27 heavy (non-hydrogen) atoms. The SMILES string of the molecule is C=CCC[C@H]1CCC(NC(=O)OCc2ccccc2)C(=O)N(CC(=O)O)N1. The van der Waals surface area contributed by atoms with Crippen LogP contribution >= 0.6 is 0 Å². The Bertz CT molecular complexity index is 665. The molecule has 0 aliphatic carbocycles. The van der Waals surface area contributed by atoms with Crippen molar-refractivity contribution in [2.45, 2.75) is 44.4 Å². The molecule has 1 fully saturated rings. The highest BCUT2D eigenvalue weighted by molar-refractivity contribution is 5.88. The number of allylic oxidation sites excluding steroid dienone is 1. The number of carboxylic acids is 1. The summed E-state index contributed by atoms with van der Waals surface area (Å²) in [7, 11) is 0. The van der Waals surface area contributed by atoms with Crippen LogP contribution < -0.4 is 10.7 Å². The Kier molecular flexibility index (Phi) is 7.81. The number of amides is 2. The van der Waals surface area contributed by atoms with Crippen LogP contribution in [0.5, 0.6) is 0 Å². The molecule has 0 spiro atoms. The molecule has 1 aliphatic heterocycles. The minimum Gasteiger partial charge on any atom is -0.480 e. The average Bonchev–Trinajstić information content (AvgIpc) is 2.79. The van der Waals surface area contributed by atoms with E-state index in [1.165, 1.54) is 0 Å². The van der Waals surface area contributed by atoms with Crippen molar-refractivity contribution in [1.29, 1.82) is 0 Å². The van der Waals surface area contributed by atoms with Gasteiger partial charge in [0, 0.05) is 6.04 Å². The van der Waals surface area contributed by atoms with Gasteiger partial charge < -0.3 is 15.2 Å². The van der Waals surface area contributed by atoms with E-state index in [2.05, 4.69) is 17.3 Å². The molecule has 2 rings (SSSR count). The number of rotatable bonds is 8. The van der Waals surface area contributed by atoms with E-state index in [4.69, 9.17) is 9.84 Å². The Morgan fingerprint density at radius 2 is 2.07 bits per heavy atom. The highest BCUT2D eigenvalue weighted by Gasteiger charge is 2.33. The largest absolute Gasteiger partial charge is 0.480 e. The fourth-order valence-electron chi connectivity index (χ4n) is 2.86. The van der Waals surface area contributed by atoms with Crippen LogP contribution in [0.4, 0.5) is 4.79 Å². The van der Waals surface area contributed by atoms with Crippen molar-refractivity contribution < 1.29 is 24.2 Å². The number of nitrogens with zero attached hydrogens (tertiary/aromatic N) is 1. The third-order valence-electron chi connectivity index (χ3n) is 4.22. The number of carboxylic acid groups (broad SMARTS) is 1. The molecular weight excluding hydrogens is 350 g/mol. The summed E-state index contributed by atoms with van der Waals surface area (Å²) in [6, 6.07) is 8.28. The van der Waals surface area contributed by atoms with Gasteiger partial charge in [0.25, 0.3) is 5.91 Å². The molecule has 2 amide bonds. The molecule has 8 nitrogen and oxygen atoms in total. The van der Waals surface area contributed by atoms with Gasteiger partial charge in [-0.2, -0.15) is 0 Å². The first-order valence-electron chi connectivity index (χ1n) is 8.87. The van der Waals surface area contributed by atoms with Gasteiger partial charge in [0.2, 0.25) is 0 Å². The van der Waals surface area contributed by atoms with Gasteiger partial charge in [-0.05, 0) is 31.2 Å². The van der Waals surface area contributed by atoms with Crippen LogP contribution in [0.1, 0.15) is 31.2 Å². The summed E-state index contributed by atoms with van der Waals surface area (Å²) in [6.07, 6.45) is 3.52. The third-order valence-corrected chi connectivity index (χ3v) is 4.22. The lowest BCUT2D eigenvalue weighted by atomic mass is 10.0. The fraction of sp³-hybridized carbons (Fsp3) is 0.421. The normalized spacial score (nSPS) is 19.9. The molecule has 1 aromatic rings. The van der Waals surface area contributed by atoms with Crippen LogP contribution in [0.3, 0.4) is 0 Å². The van der Waals surface area contributed by atoms with Crippen molar-refractivity contribution in [3.05, 3.63) is 48.6 Å². The summed E-state index contributed by atoms with van der Waals surface area (Å²) in [6.45, 7) is 3.28. The number of hydrazine groups is 1. The molecule has 1 heterocycles. The minimum atomic E-state index is -1.13. The zero-order valence-electron chi connectivity index (χ0n) is 15.1. The number of nitrogens with one attached hydrogen (secondary N) is 2. The molecule has 2 atom stereocenters.